The van der Waals surface area contributed by atoms with E-state index in [-0.39, 0.29) is 4.90 Å². The Kier molecular flexibility index (Phi) is 5.89. The largest absolute Gasteiger partial charge is 0.478 e. The summed E-state index contributed by atoms with van der Waals surface area (Å²) in [6, 6.07) is 17.9. The normalized spacial score (nSPS) is 10.8. The Morgan fingerprint density at radius 1 is 1.00 bits per heavy atom. The maximum atomic E-state index is 10.5. The number of hydrogen-bond acceptors (Lipinski definition) is 4. The van der Waals surface area contributed by atoms with Gasteiger partial charge in [0.15, 0.2) is 0 Å². The molecular formula is C18H19NO4S. The first kappa shape index (κ1) is 17.9. The van der Waals surface area contributed by atoms with Crippen molar-refractivity contribution in [1.82, 2.24) is 4.98 Å². The van der Waals surface area contributed by atoms with Crippen molar-refractivity contribution >= 4 is 21.0 Å². The van der Waals surface area contributed by atoms with Crippen molar-refractivity contribution in [1.29, 1.82) is 0 Å². The molecule has 0 spiro atoms. The van der Waals surface area contributed by atoms with Gasteiger partial charge in [-0.05, 0) is 38.1 Å². The van der Waals surface area contributed by atoms with Crippen molar-refractivity contribution in [3.8, 4) is 5.88 Å². The van der Waals surface area contributed by atoms with Crippen LogP contribution in [-0.4, -0.2) is 24.6 Å². The number of nitrogens with zero attached hydrogens (tertiary/aromatic N) is 1. The summed E-state index contributed by atoms with van der Waals surface area (Å²) in [5.41, 5.74) is 1.94. The molecule has 0 saturated carbocycles. The molecule has 0 aliphatic carbocycles. The number of para-hydroxylation sites is 1. The summed E-state index contributed by atoms with van der Waals surface area (Å²) >= 11 is 0. The number of aromatic nitrogens is 1. The Balaban J connectivity index is 0.000000177. The van der Waals surface area contributed by atoms with E-state index in [0.717, 1.165) is 16.5 Å². The highest BCUT2D eigenvalue weighted by atomic mass is 32.2. The number of hydrogen-bond donors (Lipinski definition) is 1. The van der Waals surface area contributed by atoms with Crippen LogP contribution in [0.4, 0.5) is 0 Å². The van der Waals surface area contributed by atoms with E-state index in [1.54, 1.807) is 12.1 Å². The summed E-state index contributed by atoms with van der Waals surface area (Å²) in [6.45, 7) is 4.45. The second-order valence-electron chi connectivity index (χ2n) is 5.06. The van der Waals surface area contributed by atoms with Crippen LogP contribution in [0.1, 0.15) is 12.5 Å². The Labute approximate surface area is 141 Å². The third-order valence-corrected chi connectivity index (χ3v) is 4.05. The van der Waals surface area contributed by atoms with E-state index >= 15 is 0 Å². The van der Waals surface area contributed by atoms with Crippen LogP contribution in [-0.2, 0) is 10.1 Å². The van der Waals surface area contributed by atoms with Crippen molar-refractivity contribution in [2.75, 3.05) is 6.61 Å². The van der Waals surface area contributed by atoms with Gasteiger partial charge in [0.05, 0.1) is 17.0 Å². The molecule has 126 valence electrons. The Morgan fingerprint density at radius 2 is 1.67 bits per heavy atom. The van der Waals surface area contributed by atoms with E-state index in [4.69, 9.17) is 9.29 Å². The number of ether oxygens (including phenoxy) is 1. The van der Waals surface area contributed by atoms with Gasteiger partial charge in [0.25, 0.3) is 10.1 Å². The zero-order valence-corrected chi connectivity index (χ0v) is 14.3. The smallest absolute Gasteiger partial charge is 0.294 e. The molecule has 24 heavy (non-hydrogen) atoms. The highest BCUT2D eigenvalue weighted by Gasteiger charge is 2.06. The number of rotatable bonds is 3. The molecule has 2 aromatic carbocycles. The van der Waals surface area contributed by atoms with Gasteiger partial charge in [0, 0.05) is 11.5 Å². The van der Waals surface area contributed by atoms with E-state index in [2.05, 4.69) is 4.98 Å². The molecule has 6 heteroatoms. The monoisotopic (exact) mass is 345 g/mol. The number of pyridine rings is 1. The van der Waals surface area contributed by atoms with Crippen LogP contribution in [0.3, 0.4) is 0 Å². The average Bonchev–Trinajstić information content (AvgIpc) is 2.55. The number of aryl methyl sites for hydroxylation is 1. The first-order valence-corrected chi connectivity index (χ1v) is 8.87. The first-order valence-electron chi connectivity index (χ1n) is 7.43. The minimum absolute atomic E-state index is 0.0666. The van der Waals surface area contributed by atoms with E-state index in [0.29, 0.717) is 12.5 Å². The lowest BCUT2D eigenvalue weighted by molar-refractivity contribution is 0.328. The molecule has 5 nitrogen and oxygen atoms in total. The van der Waals surface area contributed by atoms with Gasteiger partial charge in [0.2, 0.25) is 5.88 Å². The van der Waals surface area contributed by atoms with Crippen LogP contribution in [0, 0.1) is 6.92 Å². The van der Waals surface area contributed by atoms with Gasteiger partial charge >= 0.3 is 0 Å². The molecule has 0 saturated heterocycles. The Morgan fingerprint density at radius 3 is 2.29 bits per heavy atom. The van der Waals surface area contributed by atoms with E-state index in [9.17, 15) is 8.42 Å². The summed E-state index contributed by atoms with van der Waals surface area (Å²) in [5, 5.41) is 1.14. The van der Waals surface area contributed by atoms with Gasteiger partial charge in [-0.2, -0.15) is 8.42 Å². The fourth-order valence-corrected chi connectivity index (χ4v) is 2.47. The molecule has 0 aliphatic heterocycles. The standard InChI is InChI=1S/C11H11NO.C7H8O3S/c1-2-13-11-8-7-9-5-3-4-6-10(9)12-11;1-6-2-4-7(5-3-6)11(8,9)10/h3-8H,2H2,1H3;2-5H,1H3,(H,8,9,10). The van der Waals surface area contributed by atoms with Crippen molar-refractivity contribution in [2.24, 2.45) is 0 Å². The zero-order chi connectivity index (χ0) is 17.6. The van der Waals surface area contributed by atoms with Gasteiger partial charge in [-0.3, -0.25) is 4.55 Å². The van der Waals surface area contributed by atoms with Crippen LogP contribution in [0.25, 0.3) is 10.9 Å². The average molecular weight is 345 g/mol. The number of benzene rings is 2. The van der Waals surface area contributed by atoms with E-state index in [1.165, 1.54) is 12.1 Å². The molecular weight excluding hydrogens is 326 g/mol. The molecule has 0 atom stereocenters. The Hall–Kier alpha value is -2.44. The molecule has 0 fully saturated rings. The summed E-state index contributed by atoms with van der Waals surface area (Å²) in [4.78, 5) is 4.28. The SMILES string of the molecule is CCOc1ccc2ccccc2n1.Cc1ccc(S(=O)(=O)O)cc1. The Bertz CT molecular complexity index is 906. The van der Waals surface area contributed by atoms with Gasteiger partial charge in [-0.15, -0.1) is 0 Å². The molecule has 0 unspecified atom stereocenters. The minimum Gasteiger partial charge on any atom is -0.478 e. The van der Waals surface area contributed by atoms with Crippen molar-refractivity contribution < 1.29 is 17.7 Å². The summed E-state index contributed by atoms with van der Waals surface area (Å²) < 4.78 is 34.9. The molecule has 0 aliphatic rings. The van der Waals surface area contributed by atoms with Crippen LogP contribution >= 0.6 is 0 Å². The minimum atomic E-state index is -4.02. The van der Waals surface area contributed by atoms with Crippen molar-refractivity contribution in [3.63, 3.8) is 0 Å². The molecule has 0 amide bonds. The quantitative estimate of drug-likeness (QED) is 0.729. The van der Waals surface area contributed by atoms with Gasteiger partial charge in [-0.25, -0.2) is 4.98 Å². The molecule has 3 aromatic rings. The topological polar surface area (TPSA) is 76.5 Å². The summed E-state index contributed by atoms with van der Waals surface area (Å²) in [6.07, 6.45) is 0. The van der Waals surface area contributed by atoms with E-state index in [1.807, 2.05) is 50.2 Å². The molecule has 1 aromatic heterocycles. The van der Waals surface area contributed by atoms with Crippen LogP contribution in [0.2, 0.25) is 0 Å². The lowest BCUT2D eigenvalue weighted by Gasteiger charge is -2.02. The summed E-state index contributed by atoms with van der Waals surface area (Å²) in [5.74, 6) is 0.696. The van der Waals surface area contributed by atoms with Crippen LogP contribution < -0.4 is 4.74 Å². The predicted octanol–water partition coefficient (Wildman–Crippen LogP) is 3.88. The van der Waals surface area contributed by atoms with Gasteiger partial charge in [-0.1, -0.05) is 35.9 Å². The fourth-order valence-electron chi connectivity index (χ4n) is 1.99. The first-order chi connectivity index (χ1) is 11.4. The molecule has 1 N–H and O–H groups in total. The van der Waals surface area contributed by atoms with Crippen LogP contribution in [0.15, 0.2) is 65.6 Å². The lowest BCUT2D eigenvalue weighted by atomic mass is 10.2. The van der Waals surface area contributed by atoms with Gasteiger partial charge < -0.3 is 4.74 Å². The third-order valence-electron chi connectivity index (χ3n) is 3.18. The fraction of sp³-hybridized carbons (Fsp3) is 0.167. The molecule has 3 rings (SSSR count). The molecule has 1 heterocycles. The van der Waals surface area contributed by atoms with Crippen LogP contribution in [0.5, 0.6) is 5.88 Å². The zero-order valence-electron chi connectivity index (χ0n) is 13.5. The summed E-state index contributed by atoms with van der Waals surface area (Å²) in [7, 11) is -4.02. The second-order valence-corrected chi connectivity index (χ2v) is 6.48. The highest BCUT2D eigenvalue weighted by Crippen LogP contribution is 2.15. The van der Waals surface area contributed by atoms with Crippen molar-refractivity contribution in [3.05, 3.63) is 66.2 Å². The predicted molar refractivity (Wildman–Crippen MR) is 93.9 cm³/mol. The van der Waals surface area contributed by atoms with Crippen molar-refractivity contribution in [2.45, 2.75) is 18.7 Å². The molecule has 0 radical (unpaired) electrons. The lowest BCUT2D eigenvalue weighted by Crippen LogP contribution is -1.96. The number of fused-ring (bicyclic) bond motifs is 1. The maximum Gasteiger partial charge on any atom is 0.294 e. The third kappa shape index (κ3) is 5.04. The highest BCUT2D eigenvalue weighted by molar-refractivity contribution is 7.85. The maximum absolute atomic E-state index is 10.5. The van der Waals surface area contributed by atoms with E-state index < -0.39 is 10.1 Å². The van der Waals surface area contributed by atoms with Gasteiger partial charge in [0.1, 0.15) is 0 Å². The molecule has 0 bridgehead atoms. The second kappa shape index (κ2) is 7.90.